The molecule has 0 aromatic rings. The van der Waals surface area contributed by atoms with Crippen LogP contribution in [0.25, 0.3) is 0 Å². The van der Waals surface area contributed by atoms with Gasteiger partial charge in [-0.25, -0.2) is 0 Å². The van der Waals surface area contributed by atoms with Crippen molar-refractivity contribution in [3.05, 3.63) is 0 Å². The zero-order valence-corrected chi connectivity index (χ0v) is 14.3. The summed E-state index contributed by atoms with van der Waals surface area (Å²) in [4.78, 5) is 0. The predicted octanol–water partition coefficient (Wildman–Crippen LogP) is 4.78. The highest BCUT2D eigenvalue weighted by molar-refractivity contribution is 4.84. The van der Waals surface area contributed by atoms with Gasteiger partial charge in [-0.1, -0.05) is 47.0 Å². The van der Waals surface area contributed by atoms with E-state index in [1.807, 2.05) is 0 Å². The molecule has 1 aliphatic rings. The van der Waals surface area contributed by atoms with Crippen molar-refractivity contribution in [2.45, 2.75) is 91.2 Å². The highest BCUT2D eigenvalue weighted by atomic mass is 16.5. The highest BCUT2D eigenvalue weighted by Gasteiger charge is 2.29. The summed E-state index contributed by atoms with van der Waals surface area (Å²) < 4.78 is 6.35. The quantitative estimate of drug-likeness (QED) is 0.623. The fourth-order valence-corrected chi connectivity index (χ4v) is 3.23. The Hall–Kier alpha value is -0.0800. The van der Waals surface area contributed by atoms with Crippen molar-refractivity contribution >= 4 is 0 Å². The summed E-state index contributed by atoms with van der Waals surface area (Å²) in [5.41, 5.74) is 0. The van der Waals surface area contributed by atoms with Crippen LogP contribution >= 0.6 is 0 Å². The summed E-state index contributed by atoms with van der Waals surface area (Å²) in [6, 6.07) is 0.592. The number of ether oxygens (including phenoxy) is 1. The van der Waals surface area contributed by atoms with Crippen LogP contribution in [0.4, 0.5) is 0 Å². The third-order valence-corrected chi connectivity index (χ3v) is 4.80. The molecule has 1 aliphatic carbocycles. The Morgan fingerprint density at radius 3 is 2.60 bits per heavy atom. The Balaban J connectivity index is 2.38. The first-order valence-corrected chi connectivity index (χ1v) is 9.06. The molecule has 0 bridgehead atoms. The monoisotopic (exact) mass is 283 g/mol. The van der Waals surface area contributed by atoms with Crippen molar-refractivity contribution in [1.29, 1.82) is 0 Å². The molecule has 1 saturated carbocycles. The lowest BCUT2D eigenvalue weighted by molar-refractivity contribution is -0.0253. The minimum Gasteiger partial charge on any atom is -0.376 e. The maximum absolute atomic E-state index is 6.35. The third kappa shape index (κ3) is 6.58. The summed E-state index contributed by atoms with van der Waals surface area (Å²) >= 11 is 0. The maximum atomic E-state index is 6.35. The zero-order valence-electron chi connectivity index (χ0n) is 14.3. The second kappa shape index (κ2) is 10.6. The Morgan fingerprint density at radius 2 is 1.95 bits per heavy atom. The van der Waals surface area contributed by atoms with E-state index in [0.717, 1.165) is 25.0 Å². The van der Waals surface area contributed by atoms with E-state index < -0.39 is 0 Å². The summed E-state index contributed by atoms with van der Waals surface area (Å²) in [5, 5.41) is 3.70. The normalized spacial score (nSPS) is 28.5. The molecular formula is C18H37NO. The van der Waals surface area contributed by atoms with Crippen molar-refractivity contribution in [3.8, 4) is 0 Å². The molecule has 0 amide bonds. The molecule has 20 heavy (non-hydrogen) atoms. The number of nitrogens with one attached hydrogen (secondary N) is 1. The lowest BCUT2D eigenvalue weighted by Gasteiger charge is -2.36. The van der Waals surface area contributed by atoms with E-state index >= 15 is 0 Å². The molecule has 0 spiro atoms. The van der Waals surface area contributed by atoms with Crippen LogP contribution < -0.4 is 5.32 Å². The van der Waals surface area contributed by atoms with Gasteiger partial charge in [0.2, 0.25) is 0 Å². The summed E-state index contributed by atoms with van der Waals surface area (Å²) in [6.07, 6.45) is 10.8. The van der Waals surface area contributed by atoms with Crippen LogP contribution in [0.15, 0.2) is 0 Å². The predicted molar refractivity (Wildman–Crippen MR) is 88.1 cm³/mol. The molecule has 0 saturated heterocycles. The number of rotatable bonds is 10. The number of hydrogen-bond acceptors (Lipinski definition) is 2. The molecule has 0 heterocycles. The van der Waals surface area contributed by atoms with E-state index in [1.165, 1.54) is 51.4 Å². The van der Waals surface area contributed by atoms with Crippen molar-refractivity contribution in [3.63, 3.8) is 0 Å². The lowest BCUT2D eigenvalue weighted by atomic mass is 9.84. The van der Waals surface area contributed by atoms with Gasteiger partial charge in [0.15, 0.2) is 0 Å². The van der Waals surface area contributed by atoms with E-state index in [0.29, 0.717) is 12.1 Å². The zero-order chi connectivity index (χ0) is 14.8. The second-order valence-electron chi connectivity index (χ2n) is 6.77. The molecule has 1 fully saturated rings. The van der Waals surface area contributed by atoms with E-state index in [2.05, 4.69) is 33.0 Å². The molecular weight excluding hydrogens is 246 g/mol. The van der Waals surface area contributed by atoms with E-state index in [1.54, 1.807) is 0 Å². The van der Waals surface area contributed by atoms with Crippen molar-refractivity contribution < 1.29 is 4.74 Å². The van der Waals surface area contributed by atoms with Crippen LogP contribution in [0.5, 0.6) is 0 Å². The molecule has 0 aliphatic heterocycles. The van der Waals surface area contributed by atoms with Crippen molar-refractivity contribution in [2.24, 2.45) is 11.8 Å². The summed E-state index contributed by atoms with van der Waals surface area (Å²) in [7, 11) is 0. The molecule has 0 radical (unpaired) electrons. The molecule has 0 aromatic carbocycles. The fraction of sp³-hybridized carbons (Fsp3) is 1.00. The largest absolute Gasteiger partial charge is 0.376 e. The van der Waals surface area contributed by atoms with E-state index in [-0.39, 0.29) is 0 Å². The molecule has 1 rings (SSSR count). The molecule has 2 nitrogen and oxygen atoms in total. The minimum atomic E-state index is 0.445. The van der Waals surface area contributed by atoms with Crippen molar-refractivity contribution in [1.82, 2.24) is 5.32 Å². The topological polar surface area (TPSA) is 21.3 Å². The molecule has 120 valence electrons. The van der Waals surface area contributed by atoms with Gasteiger partial charge in [0, 0.05) is 12.6 Å². The van der Waals surface area contributed by atoms with E-state index in [9.17, 15) is 0 Å². The van der Waals surface area contributed by atoms with Gasteiger partial charge in [-0.05, 0) is 50.5 Å². The first-order chi connectivity index (χ1) is 9.71. The first-order valence-electron chi connectivity index (χ1n) is 9.06. The number of hydrogen-bond donors (Lipinski definition) is 1. The fourth-order valence-electron chi connectivity index (χ4n) is 3.23. The Labute approximate surface area is 127 Å². The van der Waals surface area contributed by atoms with Gasteiger partial charge in [0.25, 0.3) is 0 Å². The Morgan fingerprint density at radius 1 is 1.15 bits per heavy atom. The van der Waals surface area contributed by atoms with Gasteiger partial charge in [0.1, 0.15) is 0 Å². The van der Waals surface area contributed by atoms with Gasteiger partial charge in [-0.2, -0.15) is 0 Å². The SMILES string of the molecule is CCCCC(CC)COC1CC(C)CCC1NCCC. The van der Waals surface area contributed by atoms with E-state index in [4.69, 9.17) is 4.74 Å². The minimum absolute atomic E-state index is 0.445. The van der Waals surface area contributed by atoms with Crippen LogP contribution in [0, 0.1) is 11.8 Å². The lowest BCUT2D eigenvalue weighted by Crippen LogP contribution is -2.46. The van der Waals surface area contributed by atoms with Crippen LogP contribution in [-0.4, -0.2) is 25.3 Å². The smallest absolute Gasteiger partial charge is 0.0730 e. The summed E-state index contributed by atoms with van der Waals surface area (Å²) in [6.45, 7) is 11.3. The van der Waals surface area contributed by atoms with Crippen LogP contribution in [0.1, 0.15) is 79.1 Å². The first kappa shape index (κ1) is 18.0. The highest BCUT2D eigenvalue weighted by Crippen LogP contribution is 2.27. The third-order valence-electron chi connectivity index (χ3n) is 4.80. The Bertz CT molecular complexity index is 229. The molecule has 0 aromatic heterocycles. The van der Waals surface area contributed by atoms with Crippen LogP contribution in [0.3, 0.4) is 0 Å². The molecule has 2 heteroatoms. The second-order valence-corrected chi connectivity index (χ2v) is 6.77. The van der Waals surface area contributed by atoms with Gasteiger partial charge in [-0.3, -0.25) is 0 Å². The standard InChI is InChI=1S/C18H37NO/c1-5-8-9-16(7-3)14-20-18-13-15(4)10-11-17(18)19-12-6-2/h15-19H,5-14H2,1-4H3. The van der Waals surface area contributed by atoms with Gasteiger partial charge in [0.05, 0.1) is 6.10 Å². The molecule has 1 N–H and O–H groups in total. The average molecular weight is 284 g/mol. The average Bonchev–Trinajstić information content (AvgIpc) is 2.46. The Kier molecular flexibility index (Phi) is 9.54. The summed E-state index contributed by atoms with van der Waals surface area (Å²) in [5.74, 6) is 1.59. The van der Waals surface area contributed by atoms with Crippen LogP contribution in [-0.2, 0) is 4.74 Å². The number of unbranched alkanes of at least 4 members (excludes halogenated alkanes) is 1. The van der Waals surface area contributed by atoms with Gasteiger partial charge >= 0.3 is 0 Å². The maximum Gasteiger partial charge on any atom is 0.0730 e. The molecule has 4 unspecified atom stereocenters. The van der Waals surface area contributed by atoms with Gasteiger partial charge < -0.3 is 10.1 Å². The van der Waals surface area contributed by atoms with Crippen LogP contribution in [0.2, 0.25) is 0 Å². The van der Waals surface area contributed by atoms with Gasteiger partial charge in [-0.15, -0.1) is 0 Å². The van der Waals surface area contributed by atoms with Crippen molar-refractivity contribution in [2.75, 3.05) is 13.2 Å². The molecule has 4 atom stereocenters.